The van der Waals surface area contributed by atoms with Crippen LogP contribution in [0.3, 0.4) is 0 Å². The van der Waals surface area contributed by atoms with E-state index in [1.54, 1.807) is 0 Å². The molecule has 0 aromatic carbocycles. The molecule has 160 valence electrons. The second-order valence-corrected chi connectivity index (χ2v) is 8.57. The summed E-state index contributed by atoms with van der Waals surface area (Å²) in [5, 5.41) is 3.58. The average molecular weight is 422 g/mol. The van der Waals surface area contributed by atoms with Crippen LogP contribution in [0.15, 0.2) is 78.4 Å². The van der Waals surface area contributed by atoms with E-state index in [1.807, 2.05) is 38.5 Å². The van der Waals surface area contributed by atoms with Gasteiger partial charge in [0.15, 0.2) is 0 Å². The van der Waals surface area contributed by atoms with E-state index >= 15 is 0 Å². The van der Waals surface area contributed by atoms with Crippen LogP contribution in [0.25, 0.3) is 17.0 Å². The number of hydrogen-bond acceptors (Lipinski definition) is 5. The SMILES string of the molecule is Cc1cc(C2=CC3=C(CN2)CN(Cc2cnc(-c4ccnc(C)c4)c(C)c2)C=C3)ccn1. The third-order valence-electron chi connectivity index (χ3n) is 5.96. The maximum Gasteiger partial charge on any atom is 0.0732 e. The molecule has 3 aromatic heterocycles. The molecule has 5 heterocycles. The number of hydrogen-bond donors (Lipinski definition) is 1. The van der Waals surface area contributed by atoms with E-state index < -0.39 is 0 Å². The van der Waals surface area contributed by atoms with Gasteiger partial charge in [-0.2, -0.15) is 0 Å². The van der Waals surface area contributed by atoms with E-state index in [4.69, 9.17) is 4.98 Å². The first kappa shape index (κ1) is 20.2. The number of nitrogens with one attached hydrogen (secondary N) is 1. The number of aryl methyl sites for hydroxylation is 3. The van der Waals surface area contributed by atoms with Gasteiger partial charge in [0.2, 0.25) is 0 Å². The van der Waals surface area contributed by atoms with Crippen molar-refractivity contribution in [2.75, 3.05) is 13.1 Å². The Balaban J connectivity index is 1.30. The molecule has 1 N–H and O–H groups in total. The molecule has 0 bridgehead atoms. The van der Waals surface area contributed by atoms with Crippen LogP contribution >= 0.6 is 0 Å². The average Bonchev–Trinajstić information content (AvgIpc) is 2.79. The number of dihydropyridines is 1. The van der Waals surface area contributed by atoms with Crippen molar-refractivity contribution in [2.24, 2.45) is 0 Å². The summed E-state index contributed by atoms with van der Waals surface area (Å²) in [6.07, 6.45) is 12.4. The molecule has 5 nitrogen and oxygen atoms in total. The topological polar surface area (TPSA) is 53.9 Å². The molecule has 2 aliphatic heterocycles. The fourth-order valence-electron chi connectivity index (χ4n) is 4.37. The maximum absolute atomic E-state index is 4.77. The molecule has 0 amide bonds. The van der Waals surface area contributed by atoms with Crippen molar-refractivity contribution in [3.05, 3.63) is 106 Å². The fourth-order valence-corrected chi connectivity index (χ4v) is 4.37. The van der Waals surface area contributed by atoms with E-state index in [2.05, 4.69) is 69.7 Å². The minimum Gasteiger partial charge on any atom is -0.381 e. The lowest BCUT2D eigenvalue weighted by Crippen LogP contribution is -2.30. The van der Waals surface area contributed by atoms with Gasteiger partial charge in [-0.1, -0.05) is 6.07 Å². The fraction of sp³-hybridized carbons (Fsp3) is 0.222. The van der Waals surface area contributed by atoms with Gasteiger partial charge in [0.25, 0.3) is 0 Å². The van der Waals surface area contributed by atoms with Crippen LogP contribution in [0, 0.1) is 20.8 Å². The van der Waals surface area contributed by atoms with E-state index in [1.165, 1.54) is 27.8 Å². The smallest absolute Gasteiger partial charge is 0.0732 e. The molecular weight excluding hydrogens is 394 g/mol. The van der Waals surface area contributed by atoms with Crippen molar-refractivity contribution in [1.82, 2.24) is 25.2 Å². The number of pyridine rings is 3. The summed E-state index contributed by atoms with van der Waals surface area (Å²) in [6, 6.07) is 10.5. The molecule has 0 radical (unpaired) electrons. The van der Waals surface area contributed by atoms with Gasteiger partial charge >= 0.3 is 0 Å². The number of aromatic nitrogens is 3. The maximum atomic E-state index is 4.77. The zero-order chi connectivity index (χ0) is 22.1. The van der Waals surface area contributed by atoms with Crippen molar-refractivity contribution < 1.29 is 0 Å². The Kier molecular flexibility index (Phi) is 5.31. The standard InChI is InChI=1S/C27H27N5/c1-18-10-21(14-31-27(18)24-5-8-29-20(3)12-24)16-32-9-6-22-13-26(30-15-25(22)17-32)23-4-7-28-19(2)11-23/h4-14,30H,15-17H2,1-3H3. The van der Waals surface area contributed by atoms with Crippen LogP contribution in [0.1, 0.15) is 28.1 Å². The second-order valence-electron chi connectivity index (χ2n) is 8.57. The predicted octanol–water partition coefficient (Wildman–Crippen LogP) is 4.73. The Labute approximate surface area is 189 Å². The van der Waals surface area contributed by atoms with Crippen molar-refractivity contribution in [3.63, 3.8) is 0 Å². The molecule has 5 rings (SSSR count). The summed E-state index contributed by atoms with van der Waals surface area (Å²) in [5.74, 6) is 0. The van der Waals surface area contributed by atoms with Gasteiger partial charge in [0.1, 0.15) is 0 Å². The van der Waals surface area contributed by atoms with Crippen molar-refractivity contribution in [1.29, 1.82) is 0 Å². The number of allylic oxidation sites excluding steroid dienone is 3. The van der Waals surface area contributed by atoms with Crippen molar-refractivity contribution in [2.45, 2.75) is 27.3 Å². The van der Waals surface area contributed by atoms with Crippen LogP contribution < -0.4 is 5.32 Å². The lowest BCUT2D eigenvalue weighted by Gasteiger charge is -2.30. The first-order chi connectivity index (χ1) is 15.5. The van der Waals surface area contributed by atoms with E-state index in [0.717, 1.165) is 48.0 Å². The minimum atomic E-state index is 0.844. The highest BCUT2D eigenvalue weighted by molar-refractivity contribution is 5.70. The van der Waals surface area contributed by atoms with Crippen molar-refractivity contribution in [3.8, 4) is 11.3 Å². The molecule has 32 heavy (non-hydrogen) atoms. The van der Waals surface area contributed by atoms with Crippen LogP contribution in [0.2, 0.25) is 0 Å². The second kappa shape index (κ2) is 8.42. The van der Waals surface area contributed by atoms with Gasteiger partial charge in [-0.3, -0.25) is 15.0 Å². The highest BCUT2D eigenvalue weighted by atomic mass is 15.1. The lowest BCUT2D eigenvalue weighted by atomic mass is 9.97. The zero-order valence-electron chi connectivity index (χ0n) is 18.8. The van der Waals surface area contributed by atoms with Gasteiger partial charge in [0.05, 0.1) is 5.69 Å². The van der Waals surface area contributed by atoms with E-state index in [9.17, 15) is 0 Å². The van der Waals surface area contributed by atoms with Crippen LogP contribution in [-0.4, -0.2) is 32.9 Å². The first-order valence-corrected chi connectivity index (χ1v) is 11.0. The van der Waals surface area contributed by atoms with E-state index in [0.29, 0.717) is 0 Å². The van der Waals surface area contributed by atoms with E-state index in [-0.39, 0.29) is 0 Å². The zero-order valence-corrected chi connectivity index (χ0v) is 18.8. The molecule has 3 aromatic rings. The molecular formula is C27H27N5. The Morgan fingerprint density at radius 3 is 2.44 bits per heavy atom. The largest absolute Gasteiger partial charge is 0.381 e. The molecule has 0 fully saturated rings. The highest BCUT2D eigenvalue weighted by Crippen LogP contribution is 2.27. The molecule has 0 spiro atoms. The third-order valence-corrected chi connectivity index (χ3v) is 5.96. The Bertz CT molecular complexity index is 1270. The lowest BCUT2D eigenvalue weighted by molar-refractivity contribution is 0.389. The molecule has 0 aliphatic carbocycles. The molecule has 5 heteroatoms. The molecule has 0 saturated carbocycles. The third kappa shape index (κ3) is 4.19. The number of nitrogens with zero attached hydrogens (tertiary/aromatic N) is 4. The Morgan fingerprint density at radius 2 is 1.69 bits per heavy atom. The van der Waals surface area contributed by atoms with Gasteiger partial charge in [0, 0.05) is 72.6 Å². The summed E-state index contributed by atoms with van der Waals surface area (Å²) in [4.78, 5) is 15.7. The highest BCUT2D eigenvalue weighted by Gasteiger charge is 2.18. The molecule has 0 saturated heterocycles. The number of rotatable bonds is 4. The summed E-state index contributed by atoms with van der Waals surface area (Å²) in [5.41, 5.74) is 11.7. The molecule has 2 aliphatic rings. The van der Waals surface area contributed by atoms with Crippen molar-refractivity contribution >= 4 is 5.70 Å². The minimum absolute atomic E-state index is 0.844. The summed E-state index contributed by atoms with van der Waals surface area (Å²) < 4.78 is 0. The molecule has 0 atom stereocenters. The quantitative estimate of drug-likeness (QED) is 0.660. The first-order valence-electron chi connectivity index (χ1n) is 11.0. The Hall–Kier alpha value is -3.73. The van der Waals surface area contributed by atoms with Crippen LogP contribution in [0.4, 0.5) is 0 Å². The van der Waals surface area contributed by atoms with Crippen LogP contribution in [-0.2, 0) is 6.54 Å². The predicted molar refractivity (Wildman–Crippen MR) is 128 cm³/mol. The molecule has 0 unspecified atom stereocenters. The Morgan fingerprint density at radius 1 is 0.938 bits per heavy atom. The van der Waals surface area contributed by atoms with Gasteiger partial charge in [-0.05, 0) is 79.5 Å². The monoisotopic (exact) mass is 421 g/mol. The van der Waals surface area contributed by atoms with Gasteiger partial charge in [-0.15, -0.1) is 0 Å². The normalized spacial score (nSPS) is 15.3. The van der Waals surface area contributed by atoms with Gasteiger partial charge < -0.3 is 10.2 Å². The summed E-state index contributed by atoms with van der Waals surface area (Å²) in [7, 11) is 0. The van der Waals surface area contributed by atoms with Gasteiger partial charge in [-0.25, -0.2) is 0 Å². The summed E-state index contributed by atoms with van der Waals surface area (Å²) >= 11 is 0. The van der Waals surface area contributed by atoms with Crippen LogP contribution in [0.5, 0.6) is 0 Å². The summed E-state index contributed by atoms with van der Waals surface area (Å²) in [6.45, 7) is 8.79.